The van der Waals surface area contributed by atoms with E-state index in [4.69, 9.17) is 28.8 Å². The Kier molecular flexibility index (Phi) is 24.7. The number of primary amides is 2. The lowest BCUT2D eigenvalue weighted by atomic mass is 9.86. The van der Waals surface area contributed by atoms with Crippen LogP contribution in [0.1, 0.15) is 131 Å². The van der Waals surface area contributed by atoms with E-state index in [9.17, 15) is 59.3 Å². The van der Waals surface area contributed by atoms with Crippen molar-refractivity contribution in [2.24, 2.45) is 39.9 Å². The number of nitrogens with two attached hydrogens (primary N) is 3. The van der Waals surface area contributed by atoms with Crippen LogP contribution in [0.3, 0.4) is 0 Å². The predicted octanol–water partition coefficient (Wildman–Crippen LogP) is 10.7. The molecule has 0 unspecified atom stereocenters. The topological polar surface area (TPSA) is 418 Å². The number of non-ortho nitro benzene ring substituents is 1. The van der Waals surface area contributed by atoms with Crippen LogP contribution in [0.15, 0.2) is 119 Å². The number of urea groups is 1. The maximum Gasteiger partial charge on any atom is 0.409 e. The van der Waals surface area contributed by atoms with E-state index in [-0.39, 0.29) is 63.5 Å². The SMILES string of the molecule is CC(C)(C)[C@H](N)C(N)=O.CC(C)c1cc(-c2n[nH]c(=O)n2-c2ccc3c(ccn3CCC3CCN(C(=O)N[C@H](C(N)=O)C(C)(C)C)CC3)c2)c(O)cc1O.CC(C)c1cc(-c2n[nH]c(=O)n2-c2ccc3c(ccn3CCC3CCNCC3)c2)c(O)cc1O.O=C(Cl)Oc1ccc([N+](=O)[O-])cc1. The fourth-order valence-electron chi connectivity index (χ4n) is 12.3. The number of phenolic OH excluding ortho intramolecular Hbond substituents is 4. The van der Waals surface area contributed by atoms with Crippen molar-refractivity contribution in [2.75, 3.05) is 26.2 Å². The van der Waals surface area contributed by atoms with Gasteiger partial charge in [-0.25, -0.2) is 38.5 Å². The number of aryl methyl sites for hydroxylation is 2. The maximum atomic E-state index is 12.9. The number of fused-ring (bicyclic) bond motifs is 2. The third-order valence-electron chi connectivity index (χ3n) is 18.2. The van der Waals surface area contributed by atoms with Crippen LogP contribution >= 0.6 is 11.6 Å². The number of aromatic hydroxyl groups is 4. The van der Waals surface area contributed by atoms with E-state index in [1.807, 2.05) is 118 Å². The van der Waals surface area contributed by atoms with E-state index in [1.54, 1.807) is 17.0 Å². The molecule has 101 heavy (non-hydrogen) atoms. The number of hydrogen-bond acceptors (Lipinski definition) is 17. The lowest BCUT2D eigenvalue weighted by Gasteiger charge is -2.35. The highest BCUT2D eigenvalue weighted by molar-refractivity contribution is 6.61. The Balaban J connectivity index is 0.000000201. The zero-order valence-electron chi connectivity index (χ0n) is 58.5. The van der Waals surface area contributed by atoms with Crippen LogP contribution in [0.2, 0.25) is 0 Å². The Morgan fingerprint density at radius 2 is 1.09 bits per heavy atom. The van der Waals surface area contributed by atoms with Crippen LogP contribution in [-0.4, -0.2) is 130 Å². The number of rotatable bonds is 17. The van der Waals surface area contributed by atoms with E-state index < -0.39 is 51.0 Å². The molecule has 540 valence electrons. The van der Waals surface area contributed by atoms with Crippen molar-refractivity contribution >= 4 is 62.4 Å². The van der Waals surface area contributed by atoms with Gasteiger partial charge in [-0.3, -0.25) is 19.7 Å². The molecule has 4 amide bonds. The van der Waals surface area contributed by atoms with E-state index in [2.05, 4.69) is 57.2 Å². The summed E-state index contributed by atoms with van der Waals surface area (Å²) < 4.78 is 11.8. The molecular weight excluding hydrogens is 1320 g/mol. The molecule has 14 N–H and O–H groups in total. The van der Waals surface area contributed by atoms with Gasteiger partial charge in [0, 0.05) is 96.2 Å². The number of likely N-dealkylation sites (tertiary alicyclic amines) is 1. The van der Waals surface area contributed by atoms with Crippen LogP contribution in [-0.2, 0) is 22.7 Å². The van der Waals surface area contributed by atoms with Crippen molar-refractivity contribution in [2.45, 2.75) is 145 Å². The summed E-state index contributed by atoms with van der Waals surface area (Å²) in [4.78, 5) is 82.4. The number of amides is 4. The van der Waals surface area contributed by atoms with Crippen molar-refractivity contribution in [3.05, 3.63) is 152 Å². The van der Waals surface area contributed by atoms with Crippen LogP contribution in [0.25, 0.3) is 56.0 Å². The number of carbonyl (C=O) groups excluding carboxylic acids is 4. The molecule has 0 spiro atoms. The van der Waals surface area contributed by atoms with E-state index in [1.165, 1.54) is 58.4 Å². The van der Waals surface area contributed by atoms with Gasteiger partial charge in [-0.2, -0.15) is 10.2 Å². The van der Waals surface area contributed by atoms with Gasteiger partial charge in [0.2, 0.25) is 11.8 Å². The predicted molar refractivity (Wildman–Crippen MR) is 387 cm³/mol. The number of nitro groups is 1. The Hall–Kier alpha value is -10.5. The van der Waals surface area contributed by atoms with Crippen LogP contribution in [0.5, 0.6) is 28.7 Å². The zero-order chi connectivity index (χ0) is 73.9. The minimum absolute atomic E-state index is 0.00101. The summed E-state index contributed by atoms with van der Waals surface area (Å²) in [5.41, 5.74) is 18.8. The van der Waals surface area contributed by atoms with Gasteiger partial charge >= 0.3 is 22.8 Å². The lowest BCUT2D eigenvalue weighted by Crippen LogP contribution is -2.56. The third kappa shape index (κ3) is 19.1. The Morgan fingerprint density at radius 3 is 1.47 bits per heavy atom. The summed E-state index contributed by atoms with van der Waals surface area (Å²) in [7, 11) is 0. The zero-order valence-corrected chi connectivity index (χ0v) is 59.2. The second-order valence-corrected chi connectivity index (χ2v) is 28.5. The fraction of sp³-hybridized carbons (Fsp3) is 0.417. The summed E-state index contributed by atoms with van der Waals surface area (Å²) in [5, 5.41) is 73.5. The Bertz CT molecular complexity index is 4540. The number of aromatic nitrogens is 8. The van der Waals surface area contributed by atoms with Gasteiger partial charge in [0.15, 0.2) is 11.6 Å². The number of aromatic amines is 2. The molecule has 5 aromatic carbocycles. The van der Waals surface area contributed by atoms with E-state index in [0.717, 1.165) is 79.6 Å². The van der Waals surface area contributed by atoms with Gasteiger partial charge in [-0.1, -0.05) is 69.2 Å². The van der Waals surface area contributed by atoms with Crippen LogP contribution < -0.4 is 44.0 Å². The first-order chi connectivity index (χ1) is 47.6. The van der Waals surface area contributed by atoms with Gasteiger partial charge in [0.05, 0.1) is 33.5 Å². The number of H-pyrrole nitrogens is 2. The van der Waals surface area contributed by atoms with Crippen molar-refractivity contribution in [1.29, 1.82) is 0 Å². The Labute approximate surface area is 588 Å². The molecule has 2 aliphatic rings. The van der Waals surface area contributed by atoms with E-state index in [0.29, 0.717) is 58.5 Å². The quantitative estimate of drug-likeness (QED) is 0.0229. The molecular formula is C72H92ClN15O13. The minimum Gasteiger partial charge on any atom is -0.508 e. The highest BCUT2D eigenvalue weighted by Crippen LogP contribution is 2.40. The molecule has 0 bridgehead atoms. The summed E-state index contributed by atoms with van der Waals surface area (Å²) in [6.45, 7) is 24.3. The minimum atomic E-state index is -0.978. The fourth-order valence-corrected chi connectivity index (χ4v) is 12.4. The molecule has 6 heterocycles. The number of nitrogens with zero attached hydrogens (tertiary/aromatic N) is 8. The molecule has 2 saturated heterocycles. The summed E-state index contributed by atoms with van der Waals surface area (Å²) in [6, 6.07) is 25.2. The molecule has 0 aliphatic carbocycles. The van der Waals surface area contributed by atoms with Crippen LogP contribution in [0, 0.1) is 32.8 Å². The summed E-state index contributed by atoms with van der Waals surface area (Å²) >= 11 is 4.92. The first-order valence-corrected chi connectivity index (χ1v) is 33.9. The molecule has 0 saturated carbocycles. The molecule has 0 radical (unpaired) electrons. The number of carbonyl (C=O) groups is 4. The average Bonchev–Trinajstić information content (AvgIpc) is 1.60. The summed E-state index contributed by atoms with van der Waals surface area (Å²) in [6.07, 6.45) is 10.5. The first-order valence-electron chi connectivity index (χ1n) is 33.5. The van der Waals surface area contributed by atoms with Crippen molar-refractivity contribution in [3.8, 4) is 62.9 Å². The molecule has 9 aromatic rings. The molecule has 28 nitrogen and oxygen atoms in total. The smallest absolute Gasteiger partial charge is 0.409 e. The number of nitrogens with one attached hydrogen (secondary N) is 4. The van der Waals surface area contributed by atoms with Crippen molar-refractivity contribution in [1.82, 2.24) is 54.2 Å². The monoisotopic (exact) mass is 1410 g/mol. The molecule has 11 rings (SSSR count). The third-order valence-corrected chi connectivity index (χ3v) is 18.3. The molecule has 2 atom stereocenters. The molecule has 4 aromatic heterocycles. The molecule has 29 heteroatoms. The number of halogens is 1. The standard InChI is InChI=1S/C33H43N7O5.C26H31N5O3.C7H4ClNO4.C6H14N2O/c1-19(2)23-17-24(27(42)18-26(23)41)30-36-37-32(45)40(30)22-6-7-25-21(16-22)11-15-38(25)12-8-20-9-13-39(14-10-20)31(44)35-28(29(34)43)33(3,4)5;1-16(2)20-14-21(24(33)15-23(20)32)25-28-29-26(34)31(25)19-3-4-22-18(13-19)8-12-30(22)11-7-17-5-9-27-10-6-17;8-7(10)13-6-3-1-5(2-4-6)9(11)12;1-6(2,3)4(7)5(8)9/h6-7,11,15-20,28,41-42H,8-10,12-14H2,1-5H3,(H2,34,43)(H,35,44)(H,37,45);3-4,8,12-17,27,32-33H,5-7,9-11H2,1-2H3,(H,29,34);1-4H;4H,7H2,1-3H3,(H2,8,9)/t28-;;;4-/m1..1/s1. The van der Waals surface area contributed by atoms with Gasteiger partial charge in [0.25, 0.3) is 5.69 Å². The highest BCUT2D eigenvalue weighted by atomic mass is 35.5. The number of benzene rings is 5. The Morgan fingerprint density at radius 1 is 0.644 bits per heavy atom. The normalized spacial score (nSPS) is 14.3. The number of phenols is 4. The van der Waals surface area contributed by atoms with Crippen LogP contribution in [0.4, 0.5) is 15.3 Å². The van der Waals surface area contributed by atoms with Gasteiger partial charge in [0.1, 0.15) is 34.8 Å². The summed E-state index contributed by atoms with van der Waals surface area (Å²) in [5.74, 6) is 0.718. The number of nitro benzene ring substituents is 1. The highest BCUT2D eigenvalue weighted by Gasteiger charge is 2.34. The number of hydrogen-bond donors (Lipinski definition) is 11. The van der Waals surface area contributed by atoms with Gasteiger partial charge in [-0.05, 0) is 170 Å². The first kappa shape index (κ1) is 76.3. The largest absolute Gasteiger partial charge is 0.508 e. The van der Waals surface area contributed by atoms with Crippen molar-refractivity contribution in [3.63, 3.8) is 0 Å². The lowest BCUT2D eigenvalue weighted by molar-refractivity contribution is -0.384. The molecule has 2 fully saturated rings. The second-order valence-electron chi connectivity index (χ2n) is 28.2. The van der Waals surface area contributed by atoms with E-state index >= 15 is 0 Å². The number of ether oxygens (including phenoxy) is 1. The average molecular weight is 1410 g/mol. The van der Waals surface area contributed by atoms with Crippen molar-refractivity contribution < 1.29 is 49.3 Å². The van der Waals surface area contributed by atoms with Gasteiger partial charge < -0.3 is 67.0 Å². The molecule has 2 aliphatic heterocycles. The number of piperidine rings is 2. The van der Waals surface area contributed by atoms with Gasteiger partial charge in [-0.15, -0.1) is 0 Å². The second kappa shape index (κ2) is 32.7. The maximum absolute atomic E-state index is 12.9.